The fourth-order valence-corrected chi connectivity index (χ4v) is 6.69. The summed E-state index contributed by atoms with van der Waals surface area (Å²) in [6.45, 7) is 12.7. The molecular weight excluding hydrogens is 652 g/mol. The van der Waals surface area contributed by atoms with Gasteiger partial charge >= 0.3 is 0 Å². The molecule has 0 spiro atoms. The maximum absolute atomic E-state index is 13.0. The summed E-state index contributed by atoms with van der Waals surface area (Å²) in [5, 5.41) is 22.9. The minimum Gasteiger partial charge on any atom is -0.492 e. The molecule has 0 bridgehead atoms. The van der Waals surface area contributed by atoms with E-state index in [1.807, 2.05) is 47.4 Å². The molecular formula is C38H46N6O7. The molecule has 3 heterocycles. The molecule has 3 aromatic carbocycles. The first-order chi connectivity index (χ1) is 24.7. The van der Waals surface area contributed by atoms with Gasteiger partial charge < -0.3 is 29.0 Å². The first kappa shape index (κ1) is 35.8. The number of nitro benzene ring substituents is 1. The maximum Gasteiger partial charge on any atom is 0.269 e. The number of benzene rings is 3. The molecule has 13 nitrogen and oxygen atoms in total. The fourth-order valence-electron chi connectivity index (χ4n) is 6.69. The van der Waals surface area contributed by atoms with Gasteiger partial charge in [0.25, 0.3) is 11.6 Å². The highest BCUT2D eigenvalue weighted by molar-refractivity contribution is 5.94. The van der Waals surface area contributed by atoms with Gasteiger partial charge in [-0.25, -0.2) is 0 Å². The Morgan fingerprint density at radius 1 is 0.863 bits per heavy atom. The maximum atomic E-state index is 13.0. The van der Waals surface area contributed by atoms with Crippen molar-refractivity contribution in [3.63, 3.8) is 0 Å². The predicted molar refractivity (Wildman–Crippen MR) is 194 cm³/mol. The normalized spacial score (nSPS) is 16.3. The van der Waals surface area contributed by atoms with Gasteiger partial charge in [-0.3, -0.25) is 29.5 Å². The topological polar surface area (TPSA) is 136 Å². The molecule has 1 atom stereocenters. The Morgan fingerprint density at radius 2 is 1.51 bits per heavy atom. The van der Waals surface area contributed by atoms with Crippen molar-refractivity contribution in [3.05, 3.63) is 99.8 Å². The van der Waals surface area contributed by atoms with Crippen LogP contribution in [-0.4, -0.2) is 127 Å². The Bertz CT molecular complexity index is 1790. The lowest BCUT2D eigenvalue weighted by Gasteiger charge is -2.38. The monoisotopic (exact) mass is 698 g/mol. The van der Waals surface area contributed by atoms with Gasteiger partial charge in [-0.2, -0.15) is 0 Å². The third-order valence-electron chi connectivity index (χ3n) is 9.86. The number of hydrogen-bond acceptors (Lipinski definition) is 10. The smallest absolute Gasteiger partial charge is 0.269 e. The summed E-state index contributed by atoms with van der Waals surface area (Å²) in [7, 11) is 0. The number of rotatable bonds is 13. The van der Waals surface area contributed by atoms with Gasteiger partial charge in [0.2, 0.25) is 5.91 Å². The van der Waals surface area contributed by atoms with E-state index in [4.69, 9.17) is 9.15 Å². The lowest BCUT2D eigenvalue weighted by atomic mass is 10.1. The second-order valence-electron chi connectivity index (χ2n) is 13.0. The predicted octanol–water partition coefficient (Wildman–Crippen LogP) is 4.25. The largest absolute Gasteiger partial charge is 0.492 e. The lowest BCUT2D eigenvalue weighted by Crippen LogP contribution is -2.54. The van der Waals surface area contributed by atoms with Gasteiger partial charge in [-0.1, -0.05) is 12.1 Å². The first-order valence-electron chi connectivity index (χ1n) is 17.7. The number of fused-ring (bicyclic) bond motifs is 1. The molecule has 270 valence electrons. The number of piperazine rings is 2. The Kier molecular flexibility index (Phi) is 11.5. The van der Waals surface area contributed by atoms with Crippen LogP contribution in [0.25, 0.3) is 11.0 Å². The summed E-state index contributed by atoms with van der Waals surface area (Å²) in [6, 6.07) is 21.1. The zero-order chi connectivity index (χ0) is 35.9. The second kappa shape index (κ2) is 16.4. The summed E-state index contributed by atoms with van der Waals surface area (Å²) in [5.41, 5.74) is 2.95. The van der Waals surface area contributed by atoms with Crippen molar-refractivity contribution in [3.8, 4) is 5.75 Å². The molecule has 51 heavy (non-hydrogen) atoms. The number of non-ortho nitro benzene ring substituents is 1. The van der Waals surface area contributed by atoms with Crippen molar-refractivity contribution in [2.45, 2.75) is 20.0 Å². The van der Waals surface area contributed by atoms with Crippen LogP contribution >= 0.6 is 0 Å². The van der Waals surface area contributed by atoms with Crippen LogP contribution in [0.4, 0.5) is 11.4 Å². The van der Waals surface area contributed by atoms with Gasteiger partial charge in [-0.05, 0) is 61.9 Å². The van der Waals surface area contributed by atoms with Crippen molar-refractivity contribution >= 4 is 34.2 Å². The number of aliphatic hydroxyl groups excluding tert-OH is 1. The number of nitro groups is 1. The van der Waals surface area contributed by atoms with E-state index in [1.54, 1.807) is 4.90 Å². The number of carbonyl (C=O) groups excluding carboxylic acids is 2. The Labute approximate surface area is 297 Å². The molecule has 1 unspecified atom stereocenters. The van der Waals surface area contributed by atoms with E-state index in [0.29, 0.717) is 63.7 Å². The number of aliphatic hydroxyl groups is 1. The Morgan fingerprint density at radius 3 is 2.16 bits per heavy atom. The SMILES string of the molecule is CCN(CC)c1ccc2cc(C(O)c3ccc(OCCN4CCN(C(=O)CN5CCN(C(=O)c6ccc([N+](=O)[O-])cc6)CC5)CC4)cc3)oc2c1. The van der Waals surface area contributed by atoms with Crippen LogP contribution in [0.3, 0.4) is 0 Å². The van der Waals surface area contributed by atoms with Gasteiger partial charge in [0.05, 0.1) is 11.5 Å². The number of hydrogen-bond donors (Lipinski definition) is 1. The van der Waals surface area contributed by atoms with E-state index in [-0.39, 0.29) is 17.5 Å². The summed E-state index contributed by atoms with van der Waals surface area (Å²) in [6.07, 6.45) is -0.884. The van der Waals surface area contributed by atoms with E-state index >= 15 is 0 Å². The van der Waals surface area contributed by atoms with Crippen LogP contribution in [-0.2, 0) is 4.79 Å². The lowest BCUT2D eigenvalue weighted by molar-refractivity contribution is -0.384. The molecule has 2 saturated heterocycles. The molecule has 6 rings (SSSR count). The number of carbonyl (C=O) groups is 2. The van der Waals surface area contributed by atoms with Crippen molar-refractivity contribution in [2.75, 3.05) is 90.0 Å². The molecule has 1 N–H and O–H groups in total. The molecule has 2 aliphatic heterocycles. The molecule has 0 aliphatic carbocycles. The van der Waals surface area contributed by atoms with E-state index < -0.39 is 11.0 Å². The van der Waals surface area contributed by atoms with E-state index in [0.717, 1.165) is 60.7 Å². The van der Waals surface area contributed by atoms with Crippen LogP contribution < -0.4 is 9.64 Å². The zero-order valence-corrected chi connectivity index (χ0v) is 29.3. The molecule has 2 fully saturated rings. The highest BCUT2D eigenvalue weighted by Gasteiger charge is 2.27. The summed E-state index contributed by atoms with van der Waals surface area (Å²) >= 11 is 0. The Balaban J connectivity index is 0.890. The third-order valence-corrected chi connectivity index (χ3v) is 9.86. The van der Waals surface area contributed by atoms with Crippen molar-refractivity contribution in [1.29, 1.82) is 0 Å². The second-order valence-corrected chi connectivity index (χ2v) is 13.0. The summed E-state index contributed by atoms with van der Waals surface area (Å²) < 4.78 is 12.1. The molecule has 0 radical (unpaired) electrons. The quantitative estimate of drug-likeness (QED) is 0.160. The van der Waals surface area contributed by atoms with Gasteiger partial charge in [0.1, 0.15) is 29.8 Å². The van der Waals surface area contributed by atoms with Gasteiger partial charge in [-0.15, -0.1) is 0 Å². The van der Waals surface area contributed by atoms with E-state index in [2.05, 4.69) is 34.6 Å². The fraction of sp³-hybridized carbons (Fsp3) is 0.421. The standard InChI is InChI=1S/C38H46N6O7/c1-3-41(4-2)32-12-7-30-25-35(51-34(30)26-32)37(46)28-8-13-33(14-9-28)50-24-23-39-15-19-42(20-16-39)36(45)27-40-17-21-43(22-18-40)38(47)29-5-10-31(11-6-29)44(48)49/h5-14,25-26,37,46H,3-4,15-24,27H2,1-2H3. The van der Waals surface area contributed by atoms with Crippen LogP contribution in [0.5, 0.6) is 5.75 Å². The minimum absolute atomic E-state index is 0.0476. The van der Waals surface area contributed by atoms with Crippen molar-refractivity contribution in [1.82, 2.24) is 19.6 Å². The van der Waals surface area contributed by atoms with Gasteiger partial charge in [0.15, 0.2) is 0 Å². The van der Waals surface area contributed by atoms with Crippen LogP contribution in [0.1, 0.15) is 41.6 Å². The van der Waals surface area contributed by atoms with Gasteiger partial charge in [0, 0.05) is 107 Å². The Hall–Kier alpha value is -4.98. The van der Waals surface area contributed by atoms with Crippen molar-refractivity contribution in [2.24, 2.45) is 0 Å². The number of amides is 2. The highest BCUT2D eigenvalue weighted by Crippen LogP contribution is 2.31. The zero-order valence-electron chi connectivity index (χ0n) is 29.3. The minimum atomic E-state index is -0.884. The molecule has 2 amide bonds. The molecule has 13 heteroatoms. The van der Waals surface area contributed by atoms with Crippen molar-refractivity contribution < 1.29 is 28.8 Å². The highest BCUT2D eigenvalue weighted by atomic mass is 16.6. The average molecular weight is 699 g/mol. The molecule has 4 aromatic rings. The number of anilines is 1. The van der Waals surface area contributed by atoms with Crippen LogP contribution in [0, 0.1) is 10.1 Å². The molecule has 0 saturated carbocycles. The number of furan rings is 1. The van der Waals surface area contributed by atoms with Crippen LogP contribution in [0.2, 0.25) is 0 Å². The number of nitrogens with zero attached hydrogens (tertiary/aromatic N) is 6. The summed E-state index contributed by atoms with van der Waals surface area (Å²) in [5.74, 6) is 1.16. The third kappa shape index (κ3) is 8.67. The van der Waals surface area contributed by atoms with E-state index in [1.165, 1.54) is 24.3 Å². The number of ether oxygens (including phenoxy) is 1. The first-order valence-corrected chi connectivity index (χ1v) is 17.7. The van der Waals surface area contributed by atoms with E-state index in [9.17, 15) is 24.8 Å². The molecule has 1 aromatic heterocycles. The van der Waals surface area contributed by atoms with Crippen LogP contribution in [0.15, 0.2) is 77.2 Å². The molecule has 2 aliphatic rings. The summed E-state index contributed by atoms with van der Waals surface area (Å²) in [4.78, 5) is 46.5. The average Bonchev–Trinajstić information content (AvgIpc) is 3.59.